The molecule has 0 bridgehead atoms. The summed E-state index contributed by atoms with van der Waals surface area (Å²) in [6.45, 7) is 4.20. The summed E-state index contributed by atoms with van der Waals surface area (Å²) in [5.74, 6) is -0.658. The van der Waals surface area contributed by atoms with Crippen molar-refractivity contribution < 1.29 is 18.3 Å². The van der Waals surface area contributed by atoms with E-state index in [9.17, 15) is 18.3 Å². The van der Waals surface area contributed by atoms with Gasteiger partial charge in [0.15, 0.2) is 0 Å². The summed E-state index contributed by atoms with van der Waals surface area (Å²) in [6, 6.07) is 0.136. The van der Waals surface area contributed by atoms with Crippen molar-refractivity contribution in [1.82, 2.24) is 5.32 Å². The van der Waals surface area contributed by atoms with Crippen LogP contribution >= 0.6 is 0 Å². The summed E-state index contributed by atoms with van der Waals surface area (Å²) >= 11 is 0. The highest BCUT2D eigenvalue weighted by atomic mass is 19.4. The monoisotopic (exact) mass is 267 g/mol. The highest BCUT2D eigenvalue weighted by molar-refractivity contribution is 4.83. The molecule has 0 aromatic carbocycles. The first kappa shape index (κ1) is 15.8. The summed E-state index contributed by atoms with van der Waals surface area (Å²) < 4.78 is 37.5. The lowest BCUT2D eigenvalue weighted by Crippen LogP contribution is -2.44. The van der Waals surface area contributed by atoms with Gasteiger partial charge in [0.25, 0.3) is 0 Å². The summed E-state index contributed by atoms with van der Waals surface area (Å²) in [5.41, 5.74) is 0. The molecule has 0 saturated heterocycles. The van der Waals surface area contributed by atoms with E-state index in [1.54, 1.807) is 0 Å². The fraction of sp³-hybridized carbons (Fsp3) is 1.00. The predicted molar refractivity (Wildman–Crippen MR) is 65.3 cm³/mol. The van der Waals surface area contributed by atoms with Gasteiger partial charge in [-0.1, -0.05) is 13.8 Å². The van der Waals surface area contributed by atoms with Gasteiger partial charge in [0.1, 0.15) is 0 Å². The lowest BCUT2D eigenvalue weighted by atomic mass is 9.85. The smallest absolute Gasteiger partial charge is 0.391 e. The molecule has 18 heavy (non-hydrogen) atoms. The van der Waals surface area contributed by atoms with Crippen molar-refractivity contribution >= 4 is 0 Å². The molecule has 1 atom stereocenters. The minimum atomic E-state index is -4.04. The van der Waals surface area contributed by atoms with E-state index in [1.807, 2.05) is 0 Å². The van der Waals surface area contributed by atoms with Crippen LogP contribution in [-0.2, 0) is 0 Å². The molecule has 0 aromatic rings. The molecule has 0 amide bonds. The van der Waals surface area contributed by atoms with Crippen LogP contribution in [0.3, 0.4) is 0 Å². The topological polar surface area (TPSA) is 32.3 Å². The normalized spacial score (nSPS) is 27.5. The molecule has 1 fully saturated rings. The van der Waals surface area contributed by atoms with Gasteiger partial charge in [-0.25, -0.2) is 0 Å². The molecule has 0 aromatic heterocycles. The Bertz CT molecular complexity index is 235. The zero-order chi connectivity index (χ0) is 13.8. The molecule has 1 saturated carbocycles. The average Bonchev–Trinajstić information content (AvgIpc) is 2.27. The largest absolute Gasteiger partial charge is 0.395 e. The van der Waals surface area contributed by atoms with Gasteiger partial charge in [-0.05, 0) is 38.0 Å². The number of alkyl halides is 3. The molecule has 0 heterocycles. The first-order valence-corrected chi connectivity index (χ1v) is 6.76. The Balaban J connectivity index is 2.34. The number of rotatable bonds is 5. The van der Waals surface area contributed by atoms with Gasteiger partial charge in [0.2, 0.25) is 0 Å². The standard InChI is InChI=1S/C13H24F3NO/c1-9(2)7-12(8-18)17-11-5-3-10(4-6-11)13(14,15)16/h9-12,17-18H,3-8H2,1-2H3. The molecule has 0 aliphatic heterocycles. The van der Waals surface area contributed by atoms with Crippen LogP contribution in [0, 0.1) is 11.8 Å². The highest BCUT2D eigenvalue weighted by Crippen LogP contribution is 2.37. The maximum atomic E-state index is 12.5. The molecule has 5 heteroatoms. The Morgan fingerprint density at radius 3 is 2.11 bits per heavy atom. The van der Waals surface area contributed by atoms with E-state index in [4.69, 9.17) is 0 Å². The van der Waals surface area contributed by atoms with E-state index in [1.165, 1.54) is 0 Å². The second kappa shape index (κ2) is 6.75. The summed E-state index contributed by atoms with van der Waals surface area (Å²) in [5, 5.41) is 12.5. The second-order valence-electron chi connectivity index (χ2n) is 5.77. The van der Waals surface area contributed by atoms with Gasteiger partial charge < -0.3 is 10.4 Å². The van der Waals surface area contributed by atoms with Crippen LogP contribution in [-0.4, -0.2) is 30.0 Å². The van der Waals surface area contributed by atoms with Gasteiger partial charge in [-0.2, -0.15) is 13.2 Å². The van der Waals surface area contributed by atoms with E-state index in [2.05, 4.69) is 19.2 Å². The molecule has 1 unspecified atom stereocenters. The van der Waals surface area contributed by atoms with Crippen molar-refractivity contribution in [3.63, 3.8) is 0 Å². The minimum absolute atomic E-state index is 0.0115. The first-order chi connectivity index (χ1) is 8.32. The van der Waals surface area contributed by atoms with Gasteiger partial charge in [0.05, 0.1) is 12.5 Å². The van der Waals surface area contributed by atoms with Crippen LogP contribution in [0.15, 0.2) is 0 Å². The molecule has 0 radical (unpaired) electrons. The number of nitrogens with one attached hydrogen (secondary N) is 1. The first-order valence-electron chi connectivity index (χ1n) is 6.76. The van der Waals surface area contributed by atoms with Gasteiger partial charge >= 0.3 is 6.18 Å². The van der Waals surface area contributed by atoms with E-state index in [-0.39, 0.29) is 31.5 Å². The van der Waals surface area contributed by atoms with Crippen molar-refractivity contribution in [2.45, 2.75) is 64.2 Å². The van der Waals surface area contributed by atoms with Crippen LogP contribution in [0.1, 0.15) is 46.0 Å². The fourth-order valence-electron chi connectivity index (χ4n) is 2.69. The average molecular weight is 267 g/mol. The summed E-state index contributed by atoms with van der Waals surface area (Å²) in [6.07, 6.45) is -1.66. The Morgan fingerprint density at radius 2 is 1.72 bits per heavy atom. The quantitative estimate of drug-likeness (QED) is 0.802. The zero-order valence-electron chi connectivity index (χ0n) is 11.1. The number of aliphatic hydroxyl groups excluding tert-OH is 1. The van der Waals surface area contributed by atoms with Crippen LogP contribution in [0.4, 0.5) is 13.2 Å². The zero-order valence-corrected chi connectivity index (χ0v) is 11.1. The van der Waals surface area contributed by atoms with Crippen molar-refractivity contribution in [3.05, 3.63) is 0 Å². The molecule has 2 nitrogen and oxygen atoms in total. The van der Waals surface area contributed by atoms with E-state index in [0.717, 1.165) is 6.42 Å². The summed E-state index contributed by atoms with van der Waals surface area (Å²) in [4.78, 5) is 0. The molecule has 1 rings (SSSR count). The van der Waals surface area contributed by atoms with Crippen molar-refractivity contribution in [2.75, 3.05) is 6.61 Å². The maximum Gasteiger partial charge on any atom is 0.391 e. The maximum absolute atomic E-state index is 12.5. The Labute approximate surface area is 107 Å². The highest BCUT2D eigenvalue weighted by Gasteiger charge is 2.41. The second-order valence-corrected chi connectivity index (χ2v) is 5.77. The summed E-state index contributed by atoms with van der Waals surface area (Å²) in [7, 11) is 0. The van der Waals surface area contributed by atoms with Gasteiger partial charge in [-0.15, -0.1) is 0 Å². The third kappa shape index (κ3) is 5.14. The van der Waals surface area contributed by atoms with Crippen LogP contribution in [0.2, 0.25) is 0 Å². The molecular formula is C13H24F3NO. The number of halogens is 3. The lowest BCUT2D eigenvalue weighted by molar-refractivity contribution is -0.182. The molecule has 0 spiro atoms. The minimum Gasteiger partial charge on any atom is -0.395 e. The molecule has 1 aliphatic rings. The van der Waals surface area contributed by atoms with E-state index >= 15 is 0 Å². The number of hydrogen-bond donors (Lipinski definition) is 2. The fourth-order valence-corrected chi connectivity index (χ4v) is 2.69. The van der Waals surface area contributed by atoms with E-state index in [0.29, 0.717) is 18.8 Å². The molecular weight excluding hydrogens is 243 g/mol. The predicted octanol–water partition coefficient (Wildman–Crippen LogP) is 3.10. The van der Waals surface area contributed by atoms with Crippen LogP contribution < -0.4 is 5.32 Å². The Hall–Kier alpha value is -0.290. The lowest BCUT2D eigenvalue weighted by Gasteiger charge is -2.33. The third-order valence-electron chi connectivity index (χ3n) is 3.64. The van der Waals surface area contributed by atoms with E-state index < -0.39 is 12.1 Å². The molecule has 2 N–H and O–H groups in total. The Kier molecular flexibility index (Phi) is 5.92. The van der Waals surface area contributed by atoms with Gasteiger partial charge in [-0.3, -0.25) is 0 Å². The van der Waals surface area contributed by atoms with Gasteiger partial charge in [0, 0.05) is 12.1 Å². The third-order valence-corrected chi connectivity index (χ3v) is 3.64. The van der Waals surface area contributed by atoms with Crippen molar-refractivity contribution in [1.29, 1.82) is 0 Å². The van der Waals surface area contributed by atoms with Crippen LogP contribution in [0.5, 0.6) is 0 Å². The van der Waals surface area contributed by atoms with Crippen molar-refractivity contribution in [2.24, 2.45) is 11.8 Å². The molecule has 108 valence electrons. The number of aliphatic hydroxyl groups is 1. The Morgan fingerprint density at radius 1 is 1.17 bits per heavy atom. The number of hydrogen-bond acceptors (Lipinski definition) is 2. The van der Waals surface area contributed by atoms with Crippen LogP contribution in [0.25, 0.3) is 0 Å². The van der Waals surface area contributed by atoms with Crippen molar-refractivity contribution in [3.8, 4) is 0 Å². The molecule has 1 aliphatic carbocycles. The SMILES string of the molecule is CC(C)CC(CO)NC1CCC(C(F)(F)F)CC1.